The molecule has 0 spiro atoms. The zero-order valence-electron chi connectivity index (χ0n) is 10.6. The third kappa shape index (κ3) is 3.67. The molecule has 0 aromatic heterocycles. The first-order chi connectivity index (χ1) is 7.00. The van der Waals surface area contributed by atoms with Crippen LogP contribution >= 0.6 is 0 Å². The van der Waals surface area contributed by atoms with E-state index in [0.717, 1.165) is 6.42 Å². The molecule has 1 unspecified atom stereocenters. The fourth-order valence-corrected chi connectivity index (χ4v) is 1.72. The van der Waals surface area contributed by atoms with Gasteiger partial charge in [0.25, 0.3) is 0 Å². The van der Waals surface area contributed by atoms with Gasteiger partial charge >= 0.3 is 0 Å². The Morgan fingerprint density at radius 2 is 1.60 bits per heavy atom. The lowest BCUT2D eigenvalue weighted by molar-refractivity contribution is 0.207. The van der Waals surface area contributed by atoms with Crippen molar-refractivity contribution in [1.82, 2.24) is 4.90 Å². The molecule has 15 heavy (non-hydrogen) atoms. The van der Waals surface area contributed by atoms with Crippen LogP contribution in [-0.2, 0) is 6.42 Å². The molecule has 0 heterocycles. The number of rotatable bonds is 4. The zero-order chi connectivity index (χ0) is 11.4. The van der Waals surface area contributed by atoms with E-state index in [4.69, 9.17) is 0 Å². The summed E-state index contributed by atoms with van der Waals surface area (Å²) in [6.07, 6.45) is 1.13. The summed E-state index contributed by atoms with van der Waals surface area (Å²) in [5.41, 5.74) is 2.77. The molecular formula is C14H23N. The number of hydrogen-bond acceptors (Lipinski definition) is 1. The Labute approximate surface area is 94.1 Å². The van der Waals surface area contributed by atoms with Gasteiger partial charge in [-0.05, 0) is 46.7 Å². The van der Waals surface area contributed by atoms with Crippen LogP contribution < -0.4 is 0 Å². The molecule has 1 nitrogen and oxygen atoms in total. The van der Waals surface area contributed by atoms with Gasteiger partial charge in [-0.2, -0.15) is 0 Å². The quantitative estimate of drug-likeness (QED) is 0.729. The van der Waals surface area contributed by atoms with Crippen LogP contribution in [0, 0.1) is 6.92 Å². The molecule has 0 bridgehead atoms. The van der Waals surface area contributed by atoms with Gasteiger partial charge in [0.15, 0.2) is 0 Å². The third-order valence-corrected chi connectivity index (χ3v) is 3.16. The molecule has 0 aliphatic carbocycles. The van der Waals surface area contributed by atoms with E-state index in [-0.39, 0.29) is 0 Å². The average molecular weight is 205 g/mol. The van der Waals surface area contributed by atoms with Crippen LogP contribution in [0.15, 0.2) is 24.3 Å². The van der Waals surface area contributed by atoms with Gasteiger partial charge in [-0.15, -0.1) is 0 Å². The Morgan fingerprint density at radius 1 is 1.07 bits per heavy atom. The van der Waals surface area contributed by atoms with E-state index >= 15 is 0 Å². The second-order valence-electron chi connectivity index (χ2n) is 4.80. The summed E-state index contributed by atoms with van der Waals surface area (Å²) >= 11 is 0. The van der Waals surface area contributed by atoms with Crippen LogP contribution in [0.4, 0.5) is 0 Å². The fourth-order valence-electron chi connectivity index (χ4n) is 1.72. The van der Waals surface area contributed by atoms with E-state index in [1.807, 2.05) is 0 Å². The van der Waals surface area contributed by atoms with E-state index in [1.165, 1.54) is 11.1 Å². The molecule has 1 aromatic rings. The standard InChI is InChI=1S/C14H23N/c1-11(2)15(5)13(4)10-14-8-6-12(3)7-9-14/h6-9,11,13H,10H2,1-5H3. The Morgan fingerprint density at radius 3 is 2.07 bits per heavy atom. The van der Waals surface area contributed by atoms with Crippen LogP contribution in [-0.4, -0.2) is 24.0 Å². The van der Waals surface area contributed by atoms with Crippen molar-refractivity contribution in [3.63, 3.8) is 0 Å². The van der Waals surface area contributed by atoms with Gasteiger partial charge in [0.2, 0.25) is 0 Å². The first-order valence-electron chi connectivity index (χ1n) is 5.78. The van der Waals surface area contributed by atoms with Gasteiger partial charge in [0.05, 0.1) is 0 Å². The maximum atomic E-state index is 2.42. The molecule has 0 aliphatic rings. The van der Waals surface area contributed by atoms with Crippen molar-refractivity contribution in [1.29, 1.82) is 0 Å². The molecule has 1 rings (SSSR count). The predicted molar refractivity (Wildman–Crippen MR) is 67.2 cm³/mol. The largest absolute Gasteiger partial charge is 0.301 e. The highest BCUT2D eigenvalue weighted by molar-refractivity contribution is 5.21. The second-order valence-corrected chi connectivity index (χ2v) is 4.80. The van der Waals surface area contributed by atoms with Crippen LogP contribution in [0.1, 0.15) is 31.9 Å². The van der Waals surface area contributed by atoms with Gasteiger partial charge in [0.1, 0.15) is 0 Å². The van der Waals surface area contributed by atoms with E-state index in [1.54, 1.807) is 0 Å². The van der Waals surface area contributed by atoms with E-state index in [0.29, 0.717) is 12.1 Å². The monoisotopic (exact) mass is 205 g/mol. The second kappa shape index (κ2) is 5.32. The van der Waals surface area contributed by atoms with Gasteiger partial charge in [-0.25, -0.2) is 0 Å². The van der Waals surface area contributed by atoms with Crippen LogP contribution in [0.2, 0.25) is 0 Å². The third-order valence-electron chi connectivity index (χ3n) is 3.16. The SMILES string of the molecule is Cc1ccc(CC(C)N(C)C(C)C)cc1. The molecule has 1 heteroatoms. The van der Waals surface area contributed by atoms with Gasteiger partial charge < -0.3 is 4.90 Å². The molecule has 0 fully saturated rings. The zero-order valence-corrected chi connectivity index (χ0v) is 10.6. The lowest BCUT2D eigenvalue weighted by atomic mass is 10.0. The molecule has 0 saturated heterocycles. The van der Waals surface area contributed by atoms with Crippen molar-refractivity contribution in [2.75, 3.05) is 7.05 Å². The summed E-state index contributed by atoms with van der Waals surface area (Å²) < 4.78 is 0. The summed E-state index contributed by atoms with van der Waals surface area (Å²) in [4.78, 5) is 2.42. The molecular weight excluding hydrogens is 182 g/mol. The molecule has 0 saturated carbocycles. The molecule has 0 radical (unpaired) electrons. The number of nitrogens with zero attached hydrogens (tertiary/aromatic N) is 1. The average Bonchev–Trinajstić information content (AvgIpc) is 2.20. The summed E-state index contributed by atoms with van der Waals surface area (Å²) in [6.45, 7) is 8.91. The highest BCUT2D eigenvalue weighted by atomic mass is 15.1. The topological polar surface area (TPSA) is 3.24 Å². The Balaban J connectivity index is 2.58. The minimum Gasteiger partial charge on any atom is -0.301 e. The van der Waals surface area contributed by atoms with Crippen molar-refractivity contribution in [2.24, 2.45) is 0 Å². The summed E-state index contributed by atoms with van der Waals surface area (Å²) in [7, 11) is 2.20. The van der Waals surface area contributed by atoms with Gasteiger partial charge in [-0.1, -0.05) is 29.8 Å². The smallest absolute Gasteiger partial charge is 0.0107 e. The van der Waals surface area contributed by atoms with Crippen molar-refractivity contribution < 1.29 is 0 Å². The number of aryl methyl sites for hydroxylation is 1. The first-order valence-corrected chi connectivity index (χ1v) is 5.78. The number of likely N-dealkylation sites (N-methyl/N-ethyl adjacent to an activating group) is 1. The molecule has 0 amide bonds. The van der Waals surface area contributed by atoms with Crippen LogP contribution in [0.3, 0.4) is 0 Å². The highest BCUT2D eigenvalue weighted by Gasteiger charge is 2.12. The van der Waals surface area contributed by atoms with Crippen molar-refractivity contribution in [2.45, 2.75) is 46.2 Å². The minimum absolute atomic E-state index is 0.604. The maximum Gasteiger partial charge on any atom is 0.0107 e. The molecule has 1 atom stereocenters. The summed E-state index contributed by atoms with van der Waals surface area (Å²) in [5, 5.41) is 0. The normalized spacial score (nSPS) is 13.5. The van der Waals surface area contributed by atoms with Crippen LogP contribution in [0.5, 0.6) is 0 Å². The first kappa shape index (κ1) is 12.3. The van der Waals surface area contributed by atoms with Crippen molar-refractivity contribution in [3.8, 4) is 0 Å². The highest BCUT2D eigenvalue weighted by Crippen LogP contribution is 2.10. The summed E-state index contributed by atoms with van der Waals surface area (Å²) in [6, 6.07) is 10.1. The lowest BCUT2D eigenvalue weighted by Crippen LogP contribution is -2.36. The molecule has 1 aromatic carbocycles. The number of benzene rings is 1. The van der Waals surface area contributed by atoms with Crippen LogP contribution in [0.25, 0.3) is 0 Å². The van der Waals surface area contributed by atoms with Crippen molar-refractivity contribution >= 4 is 0 Å². The predicted octanol–water partition coefficient (Wildman–Crippen LogP) is 3.27. The van der Waals surface area contributed by atoms with E-state index < -0.39 is 0 Å². The fraction of sp³-hybridized carbons (Fsp3) is 0.571. The Hall–Kier alpha value is -0.820. The van der Waals surface area contributed by atoms with E-state index in [9.17, 15) is 0 Å². The van der Waals surface area contributed by atoms with E-state index in [2.05, 4.69) is 63.9 Å². The van der Waals surface area contributed by atoms with Gasteiger partial charge in [0, 0.05) is 12.1 Å². The van der Waals surface area contributed by atoms with Crippen molar-refractivity contribution in [3.05, 3.63) is 35.4 Å². The number of hydrogen-bond donors (Lipinski definition) is 0. The van der Waals surface area contributed by atoms with Gasteiger partial charge in [-0.3, -0.25) is 0 Å². The summed E-state index contributed by atoms with van der Waals surface area (Å²) in [5.74, 6) is 0. The Kier molecular flexibility index (Phi) is 4.34. The molecule has 0 N–H and O–H groups in total. The Bertz CT molecular complexity index is 287. The minimum atomic E-state index is 0.604. The lowest BCUT2D eigenvalue weighted by Gasteiger charge is -2.28. The maximum absolute atomic E-state index is 2.42. The molecule has 84 valence electrons. The molecule has 0 aliphatic heterocycles.